The molecule has 1 aliphatic rings. The number of benzene rings is 2. The fraction of sp³-hybridized carbons (Fsp3) is 0.333. The van der Waals surface area contributed by atoms with Crippen molar-refractivity contribution in [2.24, 2.45) is 0 Å². The Morgan fingerprint density at radius 3 is 2.42 bits per heavy atom. The van der Waals surface area contributed by atoms with Crippen LogP contribution in [0.3, 0.4) is 0 Å². The zero-order valence-corrected chi connectivity index (χ0v) is 14.9. The second kappa shape index (κ2) is 8.15. The Hall–Kier alpha value is -2.66. The van der Waals surface area contributed by atoms with Crippen molar-refractivity contribution in [2.75, 3.05) is 11.9 Å². The summed E-state index contributed by atoms with van der Waals surface area (Å²) in [5.74, 6) is -1.07. The van der Waals surface area contributed by atoms with Gasteiger partial charge in [0.2, 0.25) is 5.91 Å². The summed E-state index contributed by atoms with van der Waals surface area (Å²) in [7, 11) is 0. The Labute approximate surface area is 153 Å². The van der Waals surface area contributed by atoms with Crippen molar-refractivity contribution in [3.8, 4) is 0 Å². The molecule has 1 atom stereocenters. The van der Waals surface area contributed by atoms with Gasteiger partial charge in [-0.3, -0.25) is 14.5 Å². The van der Waals surface area contributed by atoms with Crippen molar-refractivity contribution in [1.29, 1.82) is 0 Å². The molecule has 2 aromatic carbocycles. The second-order valence-corrected chi connectivity index (χ2v) is 6.79. The van der Waals surface area contributed by atoms with Gasteiger partial charge in [0.25, 0.3) is 0 Å². The first-order chi connectivity index (χ1) is 12.5. The number of carbonyl (C=O) groups excluding carboxylic acids is 1. The number of hydrogen-bond acceptors (Lipinski definition) is 3. The molecular weight excluding hydrogens is 328 g/mol. The monoisotopic (exact) mass is 352 g/mol. The number of para-hydroxylation sites is 1. The maximum Gasteiger partial charge on any atom is 0.320 e. The fourth-order valence-corrected chi connectivity index (χ4v) is 3.10. The molecule has 2 N–H and O–H groups in total. The topological polar surface area (TPSA) is 69.6 Å². The number of nitrogens with one attached hydrogen (secondary N) is 1. The molecule has 2 aromatic rings. The number of carboxylic acids is 1. The average Bonchev–Trinajstić information content (AvgIpc) is 3.46. The van der Waals surface area contributed by atoms with Gasteiger partial charge < -0.3 is 10.4 Å². The third-order valence-corrected chi connectivity index (χ3v) is 4.73. The zero-order valence-electron chi connectivity index (χ0n) is 14.9. The molecule has 1 fully saturated rings. The lowest BCUT2D eigenvalue weighted by molar-refractivity contribution is -0.143. The SMILES string of the molecule is CC(C(=O)O)N(CC(=O)Nc1ccccc1Cc1ccccc1)C1CC1. The minimum Gasteiger partial charge on any atom is -0.480 e. The molecular formula is C21H24N2O3. The number of carboxylic acid groups (broad SMARTS) is 1. The van der Waals surface area contributed by atoms with Gasteiger partial charge in [-0.15, -0.1) is 0 Å². The van der Waals surface area contributed by atoms with Gasteiger partial charge in [-0.1, -0.05) is 48.5 Å². The number of carbonyl (C=O) groups is 2. The van der Waals surface area contributed by atoms with Crippen molar-refractivity contribution in [1.82, 2.24) is 4.90 Å². The summed E-state index contributed by atoms with van der Waals surface area (Å²) in [6.45, 7) is 1.73. The molecule has 1 aliphatic carbocycles. The van der Waals surface area contributed by atoms with Crippen LogP contribution in [0.15, 0.2) is 54.6 Å². The summed E-state index contributed by atoms with van der Waals surface area (Å²) >= 11 is 0. The third-order valence-electron chi connectivity index (χ3n) is 4.73. The minimum absolute atomic E-state index is 0.0950. The van der Waals surface area contributed by atoms with Crippen molar-refractivity contribution >= 4 is 17.6 Å². The number of nitrogens with zero attached hydrogens (tertiary/aromatic N) is 1. The van der Waals surface area contributed by atoms with E-state index in [4.69, 9.17) is 0 Å². The quantitative estimate of drug-likeness (QED) is 0.766. The van der Waals surface area contributed by atoms with Gasteiger partial charge in [0.15, 0.2) is 0 Å². The first-order valence-corrected chi connectivity index (χ1v) is 8.95. The van der Waals surface area contributed by atoms with E-state index in [1.54, 1.807) is 11.8 Å². The number of aliphatic carboxylic acids is 1. The molecule has 0 aliphatic heterocycles. The molecule has 1 unspecified atom stereocenters. The predicted octanol–water partition coefficient (Wildman–Crippen LogP) is 3.15. The van der Waals surface area contributed by atoms with E-state index in [2.05, 4.69) is 17.4 Å². The summed E-state index contributed by atoms with van der Waals surface area (Å²) in [6.07, 6.45) is 2.64. The summed E-state index contributed by atoms with van der Waals surface area (Å²) in [5.41, 5.74) is 2.99. The predicted molar refractivity (Wildman–Crippen MR) is 101 cm³/mol. The molecule has 0 radical (unpaired) electrons. The van der Waals surface area contributed by atoms with Crippen LogP contribution >= 0.6 is 0 Å². The van der Waals surface area contributed by atoms with E-state index in [1.807, 2.05) is 42.5 Å². The van der Waals surface area contributed by atoms with Gasteiger partial charge in [-0.25, -0.2) is 0 Å². The average molecular weight is 352 g/mol. The van der Waals surface area contributed by atoms with Crippen molar-refractivity contribution in [3.05, 3.63) is 65.7 Å². The van der Waals surface area contributed by atoms with Crippen molar-refractivity contribution < 1.29 is 14.7 Å². The highest BCUT2D eigenvalue weighted by atomic mass is 16.4. The van der Waals surface area contributed by atoms with Gasteiger partial charge in [-0.2, -0.15) is 0 Å². The van der Waals surface area contributed by atoms with Gasteiger partial charge in [0.05, 0.1) is 6.54 Å². The van der Waals surface area contributed by atoms with E-state index in [9.17, 15) is 14.7 Å². The van der Waals surface area contributed by atoms with Crippen LogP contribution in [-0.4, -0.2) is 40.5 Å². The Balaban J connectivity index is 1.68. The molecule has 3 rings (SSSR count). The Bertz CT molecular complexity index is 772. The summed E-state index contributed by atoms with van der Waals surface area (Å²) in [4.78, 5) is 25.6. The lowest BCUT2D eigenvalue weighted by atomic mass is 10.0. The maximum absolute atomic E-state index is 12.5. The summed E-state index contributed by atoms with van der Waals surface area (Å²) in [6, 6.07) is 17.4. The smallest absolute Gasteiger partial charge is 0.320 e. The molecule has 0 aromatic heterocycles. The van der Waals surface area contributed by atoms with E-state index in [0.717, 1.165) is 30.5 Å². The highest BCUT2D eigenvalue weighted by molar-refractivity contribution is 5.93. The van der Waals surface area contributed by atoms with Crippen LogP contribution in [0.1, 0.15) is 30.9 Å². The van der Waals surface area contributed by atoms with Crippen LogP contribution in [0, 0.1) is 0 Å². The van der Waals surface area contributed by atoms with Crippen LogP contribution in [0.4, 0.5) is 5.69 Å². The van der Waals surface area contributed by atoms with Crippen LogP contribution in [0.25, 0.3) is 0 Å². The molecule has 1 amide bonds. The lowest BCUT2D eigenvalue weighted by Crippen LogP contribution is -2.44. The minimum atomic E-state index is -0.894. The second-order valence-electron chi connectivity index (χ2n) is 6.79. The summed E-state index contributed by atoms with van der Waals surface area (Å²) < 4.78 is 0. The normalized spacial score (nSPS) is 14.8. The van der Waals surface area contributed by atoms with Gasteiger partial charge >= 0.3 is 5.97 Å². The molecule has 5 heteroatoms. The molecule has 26 heavy (non-hydrogen) atoms. The number of rotatable bonds is 8. The number of amides is 1. The van der Waals surface area contributed by atoms with E-state index in [-0.39, 0.29) is 18.5 Å². The molecule has 0 spiro atoms. The van der Waals surface area contributed by atoms with Crippen molar-refractivity contribution in [2.45, 2.75) is 38.3 Å². The largest absolute Gasteiger partial charge is 0.480 e. The van der Waals surface area contributed by atoms with Crippen LogP contribution < -0.4 is 5.32 Å². The number of hydrogen-bond donors (Lipinski definition) is 2. The summed E-state index contributed by atoms with van der Waals surface area (Å²) in [5, 5.41) is 12.2. The third kappa shape index (κ3) is 4.70. The molecule has 136 valence electrons. The number of anilines is 1. The van der Waals surface area contributed by atoms with Gasteiger partial charge in [0.1, 0.15) is 6.04 Å². The molecule has 5 nitrogen and oxygen atoms in total. The lowest BCUT2D eigenvalue weighted by Gasteiger charge is -2.25. The van der Waals surface area contributed by atoms with Crippen LogP contribution in [0.2, 0.25) is 0 Å². The molecule has 0 heterocycles. The van der Waals surface area contributed by atoms with Crippen LogP contribution in [0.5, 0.6) is 0 Å². The fourth-order valence-electron chi connectivity index (χ4n) is 3.10. The van der Waals surface area contributed by atoms with Gasteiger partial charge in [-0.05, 0) is 43.4 Å². The van der Waals surface area contributed by atoms with E-state index in [1.165, 1.54) is 5.56 Å². The highest BCUT2D eigenvalue weighted by Crippen LogP contribution is 2.28. The molecule has 1 saturated carbocycles. The Kier molecular flexibility index (Phi) is 5.68. The zero-order chi connectivity index (χ0) is 18.5. The van der Waals surface area contributed by atoms with Crippen molar-refractivity contribution in [3.63, 3.8) is 0 Å². The Morgan fingerprint density at radius 2 is 1.77 bits per heavy atom. The van der Waals surface area contributed by atoms with E-state index < -0.39 is 12.0 Å². The van der Waals surface area contributed by atoms with Crippen LogP contribution in [-0.2, 0) is 16.0 Å². The van der Waals surface area contributed by atoms with E-state index in [0.29, 0.717) is 0 Å². The first-order valence-electron chi connectivity index (χ1n) is 8.95. The van der Waals surface area contributed by atoms with Gasteiger partial charge in [0, 0.05) is 11.7 Å². The first kappa shape index (κ1) is 18.1. The molecule has 0 saturated heterocycles. The highest BCUT2D eigenvalue weighted by Gasteiger charge is 2.36. The maximum atomic E-state index is 12.5. The van der Waals surface area contributed by atoms with E-state index >= 15 is 0 Å². The Morgan fingerprint density at radius 1 is 1.12 bits per heavy atom. The standard InChI is InChI=1S/C21H24N2O3/c1-15(21(25)26)23(18-11-12-18)14-20(24)22-19-10-6-5-9-17(19)13-16-7-3-2-4-8-16/h2-10,15,18H,11-14H2,1H3,(H,22,24)(H,25,26). The molecule has 0 bridgehead atoms.